The minimum atomic E-state index is 0.705. The Hall–Kier alpha value is -0.790. The number of aromatic amines is 1. The first-order valence-corrected chi connectivity index (χ1v) is 17.4. The number of rotatable bonds is 30. The summed E-state index contributed by atoms with van der Waals surface area (Å²) in [7, 11) is 0. The summed E-state index contributed by atoms with van der Waals surface area (Å²) in [4.78, 5) is 3.27. The molecule has 0 spiro atoms. The largest absolute Gasteiger partial charge is 0.250 e. The van der Waals surface area contributed by atoms with Crippen molar-refractivity contribution in [2.45, 2.75) is 206 Å². The molecule has 1 heterocycles. The average Bonchev–Trinajstić information content (AvgIpc) is 3.45. The predicted molar refractivity (Wildman–Crippen MR) is 165 cm³/mol. The Kier molecular flexibility index (Phi) is 26.1. The van der Waals surface area contributed by atoms with Gasteiger partial charge in [0.05, 0.1) is 0 Å². The fourth-order valence-corrected chi connectivity index (χ4v) is 5.94. The van der Waals surface area contributed by atoms with Crippen molar-refractivity contribution in [2.75, 3.05) is 0 Å². The van der Waals surface area contributed by atoms with E-state index in [-0.39, 0.29) is 0 Å². The number of hydrogen-bond acceptors (Lipinski definition) is 0. The third kappa shape index (κ3) is 22.9. The number of imidazole rings is 1. The van der Waals surface area contributed by atoms with Gasteiger partial charge in [0.1, 0.15) is 18.4 Å². The van der Waals surface area contributed by atoms with E-state index in [4.69, 9.17) is 0 Å². The first kappa shape index (κ1) is 34.2. The molecular weight excluding hydrogens is 448 g/mol. The molecule has 0 aliphatic carbocycles. The van der Waals surface area contributed by atoms with Crippen LogP contribution in [0.3, 0.4) is 0 Å². The molecule has 2 heteroatoms. The maximum Gasteiger partial charge on any atom is 0.241 e. The van der Waals surface area contributed by atoms with Gasteiger partial charge in [-0.2, -0.15) is 0 Å². The molecular formula is C35H69N2+. The van der Waals surface area contributed by atoms with Crippen LogP contribution in [-0.4, -0.2) is 4.98 Å². The lowest BCUT2D eigenvalue weighted by atomic mass is 9.99. The van der Waals surface area contributed by atoms with Gasteiger partial charge in [-0.1, -0.05) is 174 Å². The van der Waals surface area contributed by atoms with E-state index < -0.39 is 0 Å². The normalized spacial score (nSPS) is 12.4. The molecule has 0 fully saturated rings. The lowest BCUT2D eigenvalue weighted by Gasteiger charge is -2.14. The van der Waals surface area contributed by atoms with Gasteiger partial charge in [-0.3, -0.25) is 4.98 Å². The van der Waals surface area contributed by atoms with Gasteiger partial charge in [0, 0.05) is 0 Å². The lowest BCUT2D eigenvalue weighted by molar-refractivity contribution is -0.723. The van der Waals surface area contributed by atoms with Crippen molar-refractivity contribution < 1.29 is 4.57 Å². The van der Waals surface area contributed by atoms with Crippen LogP contribution >= 0.6 is 0 Å². The monoisotopic (exact) mass is 518 g/mol. The molecule has 1 unspecified atom stereocenters. The Morgan fingerprint density at radius 1 is 0.432 bits per heavy atom. The minimum absolute atomic E-state index is 0.705. The molecule has 0 aromatic carbocycles. The number of unbranched alkanes of at least 4 members (excludes halogenated alkanes) is 25. The van der Waals surface area contributed by atoms with Crippen LogP contribution in [0.15, 0.2) is 18.7 Å². The second-order valence-electron chi connectivity index (χ2n) is 12.1. The molecule has 0 radical (unpaired) electrons. The molecule has 1 aromatic rings. The van der Waals surface area contributed by atoms with Crippen LogP contribution < -0.4 is 4.57 Å². The van der Waals surface area contributed by atoms with Gasteiger partial charge in [-0.05, 0) is 25.7 Å². The highest BCUT2D eigenvalue weighted by Crippen LogP contribution is 2.20. The number of aromatic nitrogens is 2. The SMILES string of the molecule is CCCCCCCCCCCCCCCCCCCC(CCCCCCCCCCCC)[n+]1cc[nH]c1. The topological polar surface area (TPSA) is 19.7 Å². The Balaban J connectivity index is 1.91. The average molecular weight is 518 g/mol. The molecule has 1 aromatic heterocycles. The summed E-state index contributed by atoms with van der Waals surface area (Å²) in [5.41, 5.74) is 0. The van der Waals surface area contributed by atoms with Crippen LogP contribution in [0.25, 0.3) is 0 Å². The zero-order valence-electron chi connectivity index (χ0n) is 25.8. The summed E-state index contributed by atoms with van der Waals surface area (Å²) in [6.45, 7) is 4.61. The van der Waals surface area contributed by atoms with Crippen molar-refractivity contribution in [3.63, 3.8) is 0 Å². The van der Waals surface area contributed by atoms with Crippen molar-refractivity contribution >= 4 is 0 Å². The van der Waals surface area contributed by atoms with E-state index in [2.05, 4.69) is 42.1 Å². The Morgan fingerprint density at radius 2 is 0.730 bits per heavy atom. The fraction of sp³-hybridized carbons (Fsp3) is 0.914. The van der Waals surface area contributed by atoms with Gasteiger partial charge in [-0.15, -0.1) is 0 Å². The molecule has 2 nitrogen and oxygen atoms in total. The van der Waals surface area contributed by atoms with Gasteiger partial charge < -0.3 is 0 Å². The molecule has 1 atom stereocenters. The van der Waals surface area contributed by atoms with E-state index in [1.165, 1.54) is 186 Å². The first-order chi connectivity index (χ1) is 18.4. The number of hydrogen-bond donors (Lipinski definition) is 1. The maximum atomic E-state index is 3.27. The third-order valence-corrected chi connectivity index (χ3v) is 8.52. The van der Waals surface area contributed by atoms with Crippen molar-refractivity contribution in [3.8, 4) is 0 Å². The zero-order chi connectivity index (χ0) is 26.5. The van der Waals surface area contributed by atoms with E-state index in [9.17, 15) is 0 Å². The number of nitrogens with zero attached hydrogens (tertiary/aromatic N) is 1. The van der Waals surface area contributed by atoms with Crippen molar-refractivity contribution in [3.05, 3.63) is 18.7 Å². The first-order valence-electron chi connectivity index (χ1n) is 17.4. The summed E-state index contributed by atoms with van der Waals surface area (Å²) in [6.07, 6.45) is 48.3. The van der Waals surface area contributed by atoms with Crippen LogP contribution in [0.1, 0.15) is 206 Å². The summed E-state index contributed by atoms with van der Waals surface area (Å²) in [5, 5.41) is 0. The Bertz CT molecular complexity index is 523. The highest BCUT2D eigenvalue weighted by molar-refractivity contribution is 4.62. The zero-order valence-corrected chi connectivity index (χ0v) is 25.8. The smallest absolute Gasteiger partial charge is 0.241 e. The quantitative estimate of drug-likeness (QED) is 0.0773. The summed E-state index contributed by atoms with van der Waals surface area (Å²) < 4.78 is 2.44. The van der Waals surface area contributed by atoms with Crippen LogP contribution in [0.5, 0.6) is 0 Å². The Labute approximate surface area is 234 Å². The van der Waals surface area contributed by atoms with E-state index >= 15 is 0 Å². The second kappa shape index (κ2) is 28.2. The van der Waals surface area contributed by atoms with Crippen LogP contribution in [-0.2, 0) is 0 Å². The van der Waals surface area contributed by atoms with Crippen molar-refractivity contribution in [2.24, 2.45) is 0 Å². The van der Waals surface area contributed by atoms with Crippen molar-refractivity contribution in [1.82, 2.24) is 4.98 Å². The molecule has 37 heavy (non-hydrogen) atoms. The molecule has 1 N–H and O–H groups in total. The molecule has 0 aliphatic rings. The highest BCUT2D eigenvalue weighted by Gasteiger charge is 2.14. The van der Waals surface area contributed by atoms with Gasteiger partial charge in [0.15, 0.2) is 0 Å². The standard InChI is InChI=1S/C35H68N2/c1-3-5-7-9-11-13-15-16-17-18-19-20-21-23-25-27-29-31-35(37-33-32-36-34-37)30-28-26-24-22-14-12-10-8-6-4-2/h32-35H,3-31H2,1-2H3/p+1. The highest BCUT2D eigenvalue weighted by atomic mass is 15.0. The van der Waals surface area contributed by atoms with E-state index in [1.54, 1.807) is 0 Å². The molecule has 0 saturated carbocycles. The van der Waals surface area contributed by atoms with Gasteiger partial charge in [0.25, 0.3) is 0 Å². The van der Waals surface area contributed by atoms with E-state index in [1.807, 2.05) is 0 Å². The summed E-state index contributed by atoms with van der Waals surface area (Å²) in [6, 6.07) is 0.705. The van der Waals surface area contributed by atoms with Crippen LogP contribution in [0.4, 0.5) is 0 Å². The molecule has 1 rings (SSSR count). The number of nitrogens with one attached hydrogen (secondary N) is 1. The van der Waals surface area contributed by atoms with Gasteiger partial charge in [-0.25, -0.2) is 4.57 Å². The summed E-state index contributed by atoms with van der Waals surface area (Å²) >= 11 is 0. The van der Waals surface area contributed by atoms with Crippen LogP contribution in [0.2, 0.25) is 0 Å². The second-order valence-corrected chi connectivity index (χ2v) is 12.1. The predicted octanol–water partition coefficient (Wildman–Crippen LogP) is 12.2. The van der Waals surface area contributed by atoms with Crippen LogP contribution in [0, 0.1) is 0 Å². The van der Waals surface area contributed by atoms with E-state index in [0.717, 1.165) is 0 Å². The number of H-pyrrole nitrogens is 1. The lowest BCUT2D eigenvalue weighted by Crippen LogP contribution is -2.37. The summed E-state index contributed by atoms with van der Waals surface area (Å²) in [5.74, 6) is 0. The molecule has 0 amide bonds. The maximum absolute atomic E-state index is 3.27. The van der Waals surface area contributed by atoms with Gasteiger partial charge >= 0.3 is 0 Å². The Morgan fingerprint density at radius 3 is 1.00 bits per heavy atom. The van der Waals surface area contributed by atoms with E-state index in [0.29, 0.717) is 6.04 Å². The van der Waals surface area contributed by atoms with Gasteiger partial charge in [0.2, 0.25) is 6.33 Å². The fourth-order valence-electron chi connectivity index (χ4n) is 5.94. The molecule has 0 saturated heterocycles. The minimum Gasteiger partial charge on any atom is -0.250 e. The molecule has 218 valence electrons. The third-order valence-electron chi connectivity index (χ3n) is 8.52. The molecule has 0 bridgehead atoms. The van der Waals surface area contributed by atoms with Crippen molar-refractivity contribution in [1.29, 1.82) is 0 Å². The molecule has 0 aliphatic heterocycles.